The van der Waals surface area contributed by atoms with Gasteiger partial charge in [-0.2, -0.15) is 0 Å². The van der Waals surface area contributed by atoms with E-state index < -0.39 is 80.1 Å². The molecular formula is C52H70F2N8O10Si. The van der Waals surface area contributed by atoms with Crippen molar-refractivity contribution in [2.75, 3.05) is 75.1 Å². The number of rotatable bonds is 16. The molecule has 21 heteroatoms. The number of carbonyl (C=O) groups excluding carboxylic acids is 6. The lowest BCUT2D eigenvalue weighted by Gasteiger charge is -2.38. The van der Waals surface area contributed by atoms with Gasteiger partial charge in [0.15, 0.2) is 11.6 Å². The third kappa shape index (κ3) is 12.4. The van der Waals surface area contributed by atoms with Crippen LogP contribution in [0.15, 0.2) is 60.7 Å². The topological polar surface area (TPSA) is 200 Å². The second-order valence-corrected chi connectivity index (χ2v) is 25.5. The Hall–Kier alpha value is -6.32. The molecule has 73 heavy (non-hydrogen) atoms. The molecule has 0 saturated carbocycles. The van der Waals surface area contributed by atoms with Gasteiger partial charge in [0.25, 0.3) is 0 Å². The van der Waals surface area contributed by atoms with Gasteiger partial charge in [-0.05, 0) is 112 Å². The fraction of sp³-hybridized carbons (Fsp3) is 0.538. The van der Waals surface area contributed by atoms with Crippen molar-refractivity contribution >= 4 is 66.6 Å². The monoisotopic (exact) mass is 1030 g/mol. The Labute approximate surface area is 426 Å². The lowest BCUT2D eigenvalue weighted by Crippen LogP contribution is -2.56. The summed E-state index contributed by atoms with van der Waals surface area (Å²) in [4.78, 5) is 86.0. The summed E-state index contributed by atoms with van der Waals surface area (Å²) in [5.41, 5.74) is 3.03. The highest BCUT2D eigenvalue weighted by atomic mass is 28.3. The molecule has 0 unspecified atom stereocenters. The van der Waals surface area contributed by atoms with Crippen molar-refractivity contribution < 1.29 is 56.5 Å². The molecule has 0 aromatic heterocycles. The fourth-order valence-electron chi connectivity index (χ4n) is 10.6. The van der Waals surface area contributed by atoms with Crippen molar-refractivity contribution in [1.29, 1.82) is 0 Å². The Balaban J connectivity index is 1.11. The normalized spacial score (nSPS) is 22.2. The fourth-order valence-corrected chi connectivity index (χ4v) is 12.6. The molecule has 4 saturated heterocycles. The summed E-state index contributed by atoms with van der Waals surface area (Å²) in [6.45, 7) is 9.71. The number of alkyl carbamates (subject to hydrolysis) is 2. The number of nitrogens with zero attached hydrogens (tertiary/aromatic N) is 4. The van der Waals surface area contributed by atoms with Crippen molar-refractivity contribution in [3.63, 3.8) is 0 Å². The van der Waals surface area contributed by atoms with Crippen LogP contribution in [0.1, 0.15) is 75.6 Å². The van der Waals surface area contributed by atoms with Crippen molar-refractivity contribution in [2.24, 2.45) is 0 Å². The van der Waals surface area contributed by atoms with Gasteiger partial charge in [0.2, 0.25) is 23.6 Å². The smallest absolute Gasteiger partial charge is 0.407 e. The molecule has 396 valence electrons. The number of methoxy groups -OCH3 is 4. The molecule has 0 bridgehead atoms. The summed E-state index contributed by atoms with van der Waals surface area (Å²) in [6.07, 6.45) is 0.252. The number of halogens is 2. The van der Waals surface area contributed by atoms with Crippen LogP contribution in [0.5, 0.6) is 0 Å². The quantitative estimate of drug-likeness (QED) is 0.108. The van der Waals surface area contributed by atoms with E-state index in [-0.39, 0.29) is 29.6 Å². The highest BCUT2D eigenvalue weighted by Crippen LogP contribution is 2.48. The van der Waals surface area contributed by atoms with E-state index in [2.05, 4.69) is 34.4 Å². The molecule has 18 nitrogen and oxygen atoms in total. The number of hydrogen-bond acceptors (Lipinski definition) is 12. The van der Waals surface area contributed by atoms with Gasteiger partial charge >= 0.3 is 12.2 Å². The van der Waals surface area contributed by atoms with Crippen LogP contribution in [-0.2, 0) is 38.1 Å². The molecule has 4 aliphatic heterocycles. The number of anilines is 4. The van der Waals surface area contributed by atoms with E-state index in [0.717, 1.165) is 23.2 Å². The van der Waals surface area contributed by atoms with E-state index >= 15 is 8.78 Å². The van der Waals surface area contributed by atoms with E-state index in [1.165, 1.54) is 50.4 Å². The lowest BCUT2D eigenvalue weighted by molar-refractivity contribution is -0.141. The van der Waals surface area contributed by atoms with Gasteiger partial charge in [0.05, 0.1) is 46.6 Å². The van der Waals surface area contributed by atoms with Crippen LogP contribution in [0, 0.1) is 11.6 Å². The van der Waals surface area contributed by atoms with Crippen LogP contribution in [0.2, 0.25) is 25.2 Å². The maximum Gasteiger partial charge on any atom is 0.407 e. The van der Waals surface area contributed by atoms with Gasteiger partial charge in [-0.1, -0.05) is 37.4 Å². The highest BCUT2D eigenvalue weighted by Gasteiger charge is 2.43. The van der Waals surface area contributed by atoms with Gasteiger partial charge in [0, 0.05) is 57.5 Å². The molecule has 8 atom stereocenters. The molecule has 4 N–H and O–H groups in total. The van der Waals surface area contributed by atoms with Gasteiger partial charge in [0.1, 0.15) is 29.9 Å². The first-order valence-electron chi connectivity index (χ1n) is 25.1. The van der Waals surface area contributed by atoms with Crippen LogP contribution in [0.3, 0.4) is 0 Å². The molecule has 0 aliphatic carbocycles. The highest BCUT2D eigenvalue weighted by molar-refractivity contribution is 6.77. The summed E-state index contributed by atoms with van der Waals surface area (Å²) >= 11 is 0. The SMILES string of the molecule is COC(=O)N[C@H](C(=O)N1CCC[C@H]1C(=O)Nc1ccc([C@H]2CC[C@H](c3ccc(NC(=O)[C@@H]4CCCN4C(=O)[C@@H](NC(=O)OC)[C@@H](C)OC)cc3)N2c2cc(F)c(N3CC[Si](C)(C)CC3)c(F)c2)cc1)[C@@H](C)OC. The third-order valence-electron chi connectivity index (χ3n) is 15.1. The zero-order valence-electron chi connectivity index (χ0n) is 43.0. The first-order valence-corrected chi connectivity index (χ1v) is 28.5. The number of amides is 6. The number of benzene rings is 3. The number of ether oxygens (including phenoxy) is 4. The van der Waals surface area contributed by atoms with Crippen molar-refractivity contribution in [1.82, 2.24) is 20.4 Å². The van der Waals surface area contributed by atoms with E-state index in [9.17, 15) is 28.8 Å². The van der Waals surface area contributed by atoms with Crippen LogP contribution in [0.4, 0.5) is 41.1 Å². The summed E-state index contributed by atoms with van der Waals surface area (Å²) in [6, 6.07) is 14.9. The molecule has 4 heterocycles. The second-order valence-electron chi connectivity index (χ2n) is 20.1. The van der Waals surface area contributed by atoms with E-state index in [0.29, 0.717) is 81.8 Å². The Morgan fingerprint density at radius 2 is 1.00 bits per heavy atom. The molecule has 0 spiro atoms. The molecule has 0 radical (unpaired) electrons. The standard InChI is InChI=1S/C52H70F2N8O10Si/c1-31(69-3)44(57-51(67)71-5)49(65)60-23-9-11-42(60)47(63)55-35-17-13-33(14-18-35)40-21-22-41(62(40)37-29-38(53)46(39(54)30-37)59-25-27-73(7,8)28-26-59)34-15-19-36(20-16-34)56-48(64)43-12-10-24-61(43)50(66)45(32(2)70-4)58-52(68)72-6/h13-20,29-32,40-45H,9-12,21-28H2,1-8H3,(H,55,63)(H,56,64)(H,57,67)(H,58,68)/t31-,32-,40-,41-,42+,43+,44+,45+/m1/s1. The van der Waals surface area contributed by atoms with Gasteiger partial charge in [-0.15, -0.1) is 0 Å². The zero-order valence-corrected chi connectivity index (χ0v) is 44.0. The molecule has 3 aromatic carbocycles. The molecule has 4 aliphatic rings. The van der Waals surface area contributed by atoms with Crippen molar-refractivity contribution in [3.05, 3.63) is 83.4 Å². The number of hydrogen-bond donors (Lipinski definition) is 4. The average Bonchev–Trinajstić information content (AvgIpc) is 4.18. The van der Waals surface area contributed by atoms with Crippen LogP contribution < -0.4 is 31.1 Å². The second kappa shape index (κ2) is 23.7. The Kier molecular flexibility index (Phi) is 17.7. The minimum absolute atomic E-state index is 0.0160. The van der Waals surface area contributed by atoms with Crippen LogP contribution >= 0.6 is 0 Å². The van der Waals surface area contributed by atoms with Crippen molar-refractivity contribution in [2.45, 2.75) is 126 Å². The Morgan fingerprint density at radius 1 is 0.603 bits per heavy atom. The number of likely N-dealkylation sites (tertiary alicyclic amines) is 2. The van der Waals surface area contributed by atoms with E-state index in [1.54, 1.807) is 38.1 Å². The summed E-state index contributed by atoms with van der Waals surface area (Å²) in [5, 5.41) is 11.0. The Morgan fingerprint density at radius 3 is 1.37 bits per heavy atom. The first-order chi connectivity index (χ1) is 34.9. The molecule has 6 amide bonds. The van der Waals surface area contributed by atoms with Gasteiger partial charge in [-0.3, -0.25) is 19.2 Å². The summed E-state index contributed by atoms with van der Waals surface area (Å²) < 4.78 is 53.0. The molecular weight excluding hydrogens is 963 g/mol. The average molecular weight is 1030 g/mol. The molecule has 7 rings (SSSR count). The minimum Gasteiger partial charge on any atom is -0.453 e. The zero-order chi connectivity index (χ0) is 52.7. The Bertz CT molecular complexity index is 2330. The van der Waals surface area contributed by atoms with E-state index in [1.807, 2.05) is 34.1 Å². The third-order valence-corrected chi connectivity index (χ3v) is 18.2. The number of carbonyl (C=O) groups is 6. The number of nitrogens with one attached hydrogen (secondary N) is 4. The largest absolute Gasteiger partial charge is 0.453 e. The minimum atomic E-state index is -1.43. The van der Waals surface area contributed by atoms with Crippen molar-refractivity contribution in [3.8, 4) is 0 Å². The van der Waals surface area contributed by atoms with Crippen LogP contribution in [-0.4, -0.2) is 145 Å². The molecule has 3 aromatic rings. The lowest BCUT2D eigenvalue weighted by atomic mass is 10.0. The maximum atomic E-state index is 16.4. The van der Waals surface area contributed by atoms with Gasteiger partial charge < -0.3 is 59.8 Å². The molecule has 4 fully saturated rings. The predicted octanol–water partition coefficient (Wildman–Crippen LogP) is 6.95. The van der Waals surface area contributed by atoms with Gasteiger partial charge in [-0.25, -0.2) is 18.4 Å². The summed E-state index contributed by atoms with van der Waals surface area (Å²) in [5.74, 6) is -2.98. The van der Waals surface area contributed by atoms with E-state index in [4.69, 9.17) is 18.9 Å². The maximum absolute atomic E-state index is 16.4. The first kappa shape index (κ1) is 54.5. The predicted molar refractivity (Wildman–Crippen MR) is 274 cm³/mol. The van der Waals surface area contributed by atoms with Crippen LogP contribution in [0.25, 0.3) is 0 Å². The summed E-state index contributed by atoms with van der Waals surface area (Å²) in [7, 11) is 3.81.